The van der Waals surface area contributed by atoms with Crippen molar-refractivity contribution in [1.82, 2.24) is 9.03 Å². The Morgan fingerprint density at radius 1 is 1.29 bits per heavy atom. The minimum atomic E-state index is -3.44. The van der Waals surface area contributed by atoms with E-state index in [9.17, 15) is 8.42 Å². The molecule has 0 saturated heterocycles. The Balaban J connectivity index is 1.96. The minimum absolute atomic E-state index is 0.126. The van der Waals surface area contributed by atoms with Crippen LogP contribution in [0.3, 0.4) is 0 Å². The van der Waals surface area contributed by atoms with Crippen molar-refractivity contribution < 1.29 is 13.2 Å². The molecule has 0 unspecified atom stereocenters. The van der Waals surface area contributed by atoms with Gasteiger partial charge in [0, 0.05) is 19.6 Å². The van der Waals surface area contributed by atoms with Gasteiger partial charge in [-0.25, -0.2) is 0 Å². The second kappa shape index (κ2) is 7.24. The maximum Gasteiger partial charge on any atom is 0.279 e. The van der Waals surface area contributed by atoms with Crippen LogP contribution in [0.5, 0.6) is 5.75 Å². The molecule has 0 aromatic heterocycles. The normalized spacial score (nSPS) is 17.1. The summed E-state index contributed by atoms with van der Waals surface area (Å²) in [5, 5.41) is 0. The van der Waals surface area contributed by atoms with Gasteiger partial charge in [-0.15, -0.1) is 0 Å². The molecule has 1 N–H and O–H groups in total. The van der Waals surface area contributed by atoms with Crippen LogP contribution in [0.1, 0.15) is 37.7 Å². The highest BCUT2D eigenvalue weighted by Crippen LogP contribution is 2.23. The maximum atomic E-state index is 12.3. The summed E-state index contributed by atoms with van der Waals surface area (Å²) < 4.78 is 34.0. The average molecular weight is 312 g/mol. The van der Waals surface area contributed by atoms with Gasteiger partial charge in [-0.2, -0.15) is 17.4 Å². The molecule has 6 heteroatoms. The van der Waals surface area contributed by atoms with Gasteiger partial charge in [-0.1, -0.05) is 31.4 Å². The first kappa shape index (κ1) is 16.3. The zero-order valence-electron chi connectivity index (χ0n) is 12.7. The fourth-order valence-electron chi connectivity index (χ4n) is 2.70. The summed E-state index contributed by atoms with van der Waals surface area (Å²) in [4.78, 5) is 0. The van der Waals surface area contributed by atoms with E-state index in [1.165, 1.54) is 10.7 Å². The zero-order valence-corrected chi connectivity index (χ0v) is 13.5. The minimum Gasteiger partial charge on any atom is -0.497 e. The van der Waals surface area contributed by atoms with Crippen LogP contribution in [0.4, 0.5) is 0 Å². The van der Waals surface area contributed by atoms with Crippen molar-refractivity contribution >= 4 is 10.2 Å². The van der Waals surface area contributed by atoms with Gasteiger partial charge in [-0.3, -0.25) is 0 Å². The molecule has 21 heavy (non-hydrogen) atoms. The molecule has 1 aromatic rings. The molecule has 0 spiro atoms. The van der Waals surface area contributed by atoms with E-state index in [1.54, 1.807) is 14.2 Å². The predicted molar refractivity (Wildman–Crippen MR) is 83.4 cm³/mol. The Kier molecular flexibility index (Phi) is 5.61. The number of nitrogens with one attached hydrogen (secondary N) is 1. The lowest BCUT2D eigenvalue weighted by molar-refractivity contribution is 0.283. The number of nitrogens with zero attached hydrogens (tertiary/aromatic N) is 1. The standard InChI is InChI=1S/C15H24N2O3S/c1-17(14-8-4-3-5-9-14)21(18,19)16-12-13-7-6-10-15(11-13)20-2/h6-7,10-11,14,16H,3-5,8-9,12H2,1-2H3. The smallest absolute Gasteiger partial charge is 0.279 e. The lowest BCUT2D eigenvalue weighted by atomic mass is 9.96. The van der Waals surface area contributed by atoms with Gasteiger partial charge in [0.15, 0.2) is 0 Å². The Hall–Kier alpha value is -1.11. The first-order valence-corrected chi connectivity index (χ1v) is 8.82. The fraction of sp³-hybridized carbons (Fsp3) is 0.600. The molecule has 0 heterocycles. The van der Waals surface area contributed by atoms with Crippen LogP contribution in [0.2, 0.25) is 0 Å². The molecule has 1 aromatic carbocycles. The second-order valence-corrected chi connectivity index (χ2v) is 7.30. The quantitative estimate of drug-likeness (QED) is 0.877. The molecule has 1 saturated carbocycles. The largest absolute Gasteiger partial charge is 0.497 e. The monoisotopic (exact) mass is 312 g/mol. The summed E-state index contributed by atoms with van der Waals surface area (Å²) in [6.45, 7) is 0.274. The second-order valence-electron chi connectivity index (χ2n) is 5.49. The van der Waals surface area contributed by atoms with Crippen molar-refractivity contribution in [3.63, 3.8) is 0 Å². The highest BCUT2D eigenvalue weighted by molar-refractivity contribution is 7.87. The van der Waals surface area contributed by atoms with Crippen LogP contribution < -0.4 is 9.46 Å². The van der Waals surface area contributed by atoms with Crippen molar-refractivity contribution in [2.24, 2.45) is 0 Å². The molecule has 1 aliphatic rings. The van der Waals surface area contributed by atoms with Crippen molar-refractivity contribution in [2.45, 2.75) is 44.7 Å². The van der Waals surface area contributed by atoms with Gasteiger partial charge in [-0.05, 0) is 30.5 Å². The summed E-state index contributed by atoms with van der Waals surface area (Å²) in [7, 11) is -0.167. The van der Waals surface area contributed by atoms with E-state index in [-0.39, 0.29) is 12.6 Å². The molecule has 5 nitrogen and oxygen atoms in total. The van der Waals surface area contributed by atoms with Gasteiger partial charge in [0.2, 0.25) is 0 Å². The Labute approximate surface area is 127 Å². The van der Waals surface area contributed by atoms with Gasteiger partial charge >= 0.3 is 0 Å². The number of hydrogen-bond donors (Lipinski definition) is 1. The van der Waals surface area contributed by atoms with E-state index >= 15 is 0 Å². The summed E-state index contributed by atoms with van der Waals surface area (Å²) >= 11 is 0. The van der Waals surface area contributed by atoms with E-state index in [2.05, 4.69) is 4.72 Å². The van der Waals surface area contributed by atoms with E-state index < -0.39 is 10.2 Å². The molecule has 0 amide bonds. The highest BCUT2D eigenvalue weighted by atomic mass is 32.2. The van der Waals surface area contributed by atoms with Crippen LogP contribution in [-0.2, 0) is 16.8 Å². The third kappa shape index (κ3) is 4.43. The molecule has 0 aliphatic heterocycles. The molecule has 1 fully saturated rings. The number of ether oxygens (including phenoxy) is 1. The molecule has 0 atom stereocenters. The van der Waals surface area contributed by atoms with E-state index in [0.29, 0.717) is 0 Å². The van der Waals surface area contributed by atoms with Crippen molar-refractivity contribution in [1.29, 1.82) is 0 Å². The summed E-state index contributed by atoms with van der Waals surface area (Å²) in [6.07, 6.45) is 5.34. The Morgan fingerprint density at radius 2 is 2.00 bits per heavy atom. The van der Waals surface area contributed by atoms with Crippen LogP contribution >= 0.6 is 0 Å². The van der Waals surface area contributed by atoms with Gasteiger partial charge in [0.25, 0.3) is 10.2 Å². The number of methoxy groups -OCH3 is 1. The summed E-state index contributed by atoms with van der Waals surface area (Å²) in [6, 6.07) is 7.54. The maximum absolute atomic E-state index is 12.3. The Bertz CT molecular complexity index is 554. The molecule has 1 aliphatic carbocycles. The highest BCUT2D eigenvalue weighted by Gasteiger charge is 2.27. The molecular formula is C15H24N2O3S. The number of hydrogen-bond acceptors (Lipinski definition) is 3. The summed E-state index contributed by atoms with van der Waals surface area (Å²) in [5.74, 6) is 0.729. The van der Waals surface area contributed by atoms with Gasteiger partial charge in [0.05, 0.1) is 7.11 Å². The first-order valence-electron chi connectivity index (χ1n) is 7.38. The number of rotatable bonds is 6. The van der Waals surface area contributed by atoms with E-state index in [0.717, 1.165) is 37.0 Å². The van der Waals surface area contributed by atoms with Crippen LogP contribution in [0.25, 0.3) is 0 Å². The topological polar surface area (TPSA) is 58.6 Å². The Morgan fingerprint density at radius 3 is 2.67 bits per heavy atom. The molecule has 118 valence electrons. The van der Waals surface area contributed by atoms with Gasteiger partial charge < -0.3 is 4.74 Å². The zero-order chi connectivity index (χ0) is 15.3. The summed E-state index contributed by atoms with van der Waals surface area (Å²) in [5.41, 5.74) is 0.884. The van der Waals surface area contributed by atoms with Crippen molar-refractivity contribution in [3.05, 3.63) is 29.8 Å². The van der Waals surface area contributed by atoms with Crippen molar-refractivity contribution in [2.75, 3.05) is 14.2 Å². The number of benzene rings is 1. The van der Waals surface area contributed by atoms with Gasteiger partial charge in [0.1, 0.15) is 5.75 Å². The van der Waals surface area contributed by atoms with Crippen LogP contribution in [0.15, 0.2) is 24.3 Å². The van der Waals surface area contributed by atoms with Crippen LogP contribution in [-0.4, -0.2) is 32.9 Å². The van der Waals surface area contributed by atoms with Crippen molar-refractivity contribution in [3.8, 4) is 5.75 Å². The van der Waals surface area contributed by atoms with E-state index in [1.807, 2.05) is 24.3 Å². The third-order valence-corrected chi connectivity index (χ3v) is 5.63. The SMILES string of the molecule is COc1cccc(CNS(=O)(=O)N(C)C2CCCCC2)c1. The van der Waals surface area contributed by atoms with Crippen LogP contribution in [0, 0.1) is 0 Å². The lowest BCUT2D eigenvalue weighted by Gasteiger charge is -2.30. The molecule has 0 radical (unpaired) electrons. The first-order chi connectivity index (χ1) is 10.0. The molecular weight excluding hydrogens is 288 g/mol. The molecule has 2 rings (SSSR count). The molecule has 0 bridgehead atoms. The fourth-order valence-corrected chi connectivity index (χ4v) is 3.86. The predicted octanol–water partition coefficient (Wildman–Crippen LogP) is 2.29. The third-order valence-electron chi connectivity index (χ3n) is 4.06. The van der Waals surface area contributed by atoms with E-state index in [4.69, 9.17) is 4.74 Å². The lowest BCUT2D eigenvalue weighted by Crippen LogP contribution is -2.44. The average Bonchev–Trinajstić information content (AvgIpc) is 2.53.